The molecule has 0 unspecified atom stereocenters. The lowest BCUT2D eigenvalue weighted by atomic mass is 10.2. The average molecular weight is 401 g/mol. The van der Waals surface area contributed by atoms with E-state index in [-0.39, 0.29) is 5.92 Å². The van der Waals surface area contributed by atoms with Gasteiger partial charge in [0, 0.05) is 38.2 Å². The molecular weight excluding hydrogens is 375 g/mol. The van der Waals surface area contributed by atoms with Crippen LogP contribution in [0.1, 0.15) is 50.5 Å². The molecule has 0 aromatic carbocycles. The zero-order valence-electron chi connectivity index (χ0n) is 15.6. The van der Waals surface area contributed by atoms with Crippen molar-refractivity contribution in [1.29, 1.82) is 0 Å². The van der Waals surface area contributed by atoms with Gasteiger partial charge in [0.05, 0.1) is 11.6 Å². The summed E-state index contributed by atoms with van der Waals surface area (Å²) in [6, 6.07) is 1.83. The maximum Gasteiger partial charge on any atom is 0.226 e. The number of aryl methyl sites for hydroxylation is 1. The molecular formula is C17H26Cl2N6O. The van der Waals surface area contributed by atoms with Crippen LogP contribution in [0.15, 0.2) is 15.6 Å². The lowest BCUT2D eigenvalue weighted by molar-refractivity contribution is 0.368. The van der Waals surface area contributed by atoms with Crippen LogP contribution in [0.2, 0.25) is 10.2 Å². The van der Waals surface area contributed by atoms with E-state index in [1.807, 2.05) is 38.5 Å². The maximum atomic E-state index is 6.09. The van der Waals surface area contributed by atoms with Crippen molar-refractivity contribution >= 4 is 29.2 Å². The third-order valence-corrected chi connectivity index (χ3v) is 4.66. The summed E-state index contributed by atoms with van der Waals surface area (Å²) >= 11 is 12.1. The summed E-state index contributed by atoms with van der Waals surface area (Å²) in [5, 5.41) is 11.6. The largest absolute Gasteiger partial charge is 0.357 e. The Morgan fingerprint density at radius 2 is 2.12 bits per heavy atom. The molecule has 0 radical (unpaired) electrons. The van der Waals surface area contributed by atoms with Gasteiger partial charge in [-0.2, -0.15) is 4.98 Å². The van der Waals surface area contributed by atoms with E-state index < -0.39 is 0 Å². The van der Waals surface area contributed by atoms with Gasteiger partial charge in [0.2, 0.25) is 5.89 Å². The Hall–Kier alpha value is -1.73. The van der Waals surface area contributed by atoms with Crippen molar-refractivity contribution in [1.82, 2.24) is 25.3 Å². The second-order valence-corrected chi connectivity index (χ2v) is 7.03. The van der Waals surface area contributed by atoms with Crippen LogP contribution in [-0.2, 0) is 20.0 Å². The van der Waals surface area contributed by atoms with E-state index in [0.717, 1.165) is 43.4 Å². The number of hydrogen-bond acceptors (Lipinski definition) is 4. The van der Waals surface area contributed by atoms with Gasteiger partial charge in [-0.3, -0.25) is 0 Å². The highest BCUT2D eigenvalue weighted by Crippen LogP contribution is 2.25. The molecule has 0 spiro atoms. The quantitative estimate of drug-likeness (QED) is 0.402. The van der Waals surface area contributed by atoms with E-state index in [2.05, 4.69) is 25.8 Å². The molecule has 0 fully saturated rings. The number of guanidine groups is 1. The number of nitrogens with zero attached hydrogens (tertiary/aromatic N) is 4. The molecule has 144 valence electrons. The Balaban J connectivity index is 1.84. The summed E-state index contributed by atoms with van der Waals surface area (Å²) in [6.45, 7) is 8.13. The van der Waals surface area contributed by atoms with Gasteiger partial charge in [0.25, 0.3) is 0 Å². The minimum Gasteiger partial charge on any atom is -0.357 e. The predicted molar refractivity (Wildman–Crippen MR) is 105 cm³/mol. The molecule has 0 aliphatic rings. The lowest BCUT2D eigenvalue weighted by Gasteiger charge is -2.11. The summed E-state index contributed by atoms with van der Waals surface area (Å²) in [4.78, 5) is 8.96. The fourth-order valence-corrected chi connectivity index (χ4v) is 2.71. The van der Waals surface area contributed by atoms with Gasteiger partial charge in [0.1, 0.15) is 5.15 Å². The van der Waals surface area contributed by atoms with Crippen molar-refractivity contribution in [3.63, 3.8) is 0 Å². The molecule has 2 N–H and O–H groups in total. The van der Waals surface area contributed by atoms with E-state index in [0.29, 0.717) is 22.6 Å². The first-order valence-corrected chi connectivity index (χ1v) is 9.52. The Kier molecular flexibility index (Phi) is 7.78. The predicted octanol–water partition coefficient (Wildman–Crippen LogP) is 3.53. The van der Waals surface area contributed by atoms with E-state index in [4.69, 9.17) is 27.7 Å². The molecule has 0 saturated heterocycles. The van der Waals surface area contributed by atoms with Gasteiger partial charge in [-0.1, -0.05) is 42.2 Å². The molecule has 26 heavy (non-hydrogen) atoms. The van der Waals surface area contributed by atoms with Crippen LogP contribution >= 0.6 is 23.2 Å². The molecule has 2 heterocycles. The van der Waals surface area contributed by atoms with Crippen LogP contribution < -0.4 is 10.6 Å². The molecule has 0 amide bonds. The fraction of sp³-hybridized carbons (Fsp3) is 0.588. The van der Waals surface area contributed by atoms with Crippen LogP contribution in [0.5, 0.6) is 0 Å². The van der Waals surface area contributed by atoms with E-state index in [9.17, 15) is 0 Å². The van der Waals surface area contributed by atoms with Crippen molar-refractivity contribution in [3.8, 4) is 0 Å². The number of halogens is 2. The molecule has 0 atom stereocenters. The van der Waals surface area contributed by atoms with Gasteiger partial charge in [-0.15, -0.1) is 0 Å². The zero-order valence-corrected chi connectivity index (χ0v) is 17.2. The van der Waals surface area contributed by atoms with E-state index >= 15 is 0 Å². The van der Waals surface area contributed by atoms with Crippen LogP contribution in [0.3, 0.4) is 0 Å². The minimum absolute atomic E-state index is 0.276. The molecule has 7 nitrogen and oxygen atoms in total. The molecule has 2 aromatic rings. The van der Waals surface area contributed by atoms with Crippen LogP contribution in [0.25, 0.3) is 0 Å². The second kappa shape index (κ2) is 9.83. The van der Waals surface area contributed by atoms with Gasteiger partial charge < -0.3 is 19.7 Å². The number of nitrogens with one attached hydrogen (secondary N) is 2. The van der Waals surface area contributed by atoms with Gasteiger partial charge in [0.15, 0.2) is 11.8 Å². The molecule has 0 aliphatic carbocycles. The minimum atomic E-state index is 0.276. The van der Waals surface area contributed by atoms with Gasteiger partial charge >= 0.3 is 0 Å². The normalized spacial score (nSPS) is 12.0. The third kappa shape index (κ3) is 5.64. The number of rotatable bonds is 8. The van der Waals surface area contributed by atoms with Crippen molar-refractivity contribution in [2.24, 2.45) is 12.0 Å². The summed E-state index contributed by atoms with van der Waals surface area (Å²) in [6.07, 6.45) is 1.60. The van der Waals surface area contributed by atoms with Crippen LogP contribution in [-0.4, -0.2) is 33.8 Å². The molecule has 2 aromatic heterocycles. The SMILES string of the molecule is CCNC(=NCc1cc(Cl)c(Cl)n1C)NCCCc1nc(C(C)C)no1. The Bertz CT molecular complexity index is 738. The van der Waals surface area contributed by atoms with E-state index in [1.165, 1.54) is 0 Å². The summed E-state index contributed by atoms with van der Waals surface area (Å²) in [7, 11) is 1.87. The third-order valence-electron chi connectivity index (χ3n) is 3.82. The second-order valence-electron chi connectivity index (χ2n) is 6.26. The first kappa shape index (κ1) is 20.6. The lowest BCUT2D eigenvalue weighted by Crippen LogP contribution is -2.37. The highest BCUT2D eigenvalue weighted by molar-refractivity contribution is 6.41. The Labute approximate surface area is 164 Å². The van der Waals surface area contributed by atoms with Crippen LogP contribution in [0.4, 0.5) is 0 Å². The topological polar surface area (TPSA) is 80.3 Å². The average Bonchev–Trinajstić information content (AvgIpc) is 3.17. The molecule has 0 aliphatic heterocycles. The standard InChI is InChI=1S/C17H26Cl2N6O/c1-5-20-17(22-10-12-9-13(18)15(19)25(12)4)21-8-6-7-14-23-16(11(2)3)24-26-14/h9,11H,5-8,10H2,1-4H3,(H2,20,21,22). The van der Waals surface area contributed by atoms with Crippen molar-refractivity contribution < 1.29 is 4.52 Å². The first-order valence-electron chi connectivity index (χ1n) is 8.76. The Morgan fingerprint density at radius 3 is 2.69 bits per heavy atom. The smallest absolute Gasteiger partial charge is 0.226 e. The highest BCUT2D eigenvalue weighted by atomic mass is 35.5. The number of aliphatic imine (C=N–C) groups is 1. The number of aromatic nitrogens is 3. The maximum absolute atomic E-state index is 6.09. The van der Waals surface area contributed by atoms with Crippen molar-refractivity contribution in [3.05, 3.63) is 33.7 Å². The summed E-state index contributed by atoms with van der Waals surface area (Å²) < 4.78 is 7.08. The van der Waals surface area contributed by atoms with Crippen molar-refractivity contribution in [2.75, 3.05) is 13.1 Å². The highest BCUT2D eigenvalue weighted by Gasteiger charge is 2.10. The van der Waals surface area contributed by atoms with Crippen LogP contribution in [0, 0.1) is 0 Å². The van der Waals surface area contributed by atoms with Gasteiger partial charge in [-0.25, -0.2) is 4.99 Å². The summed E-state index contributed by atoms with van der Waals surface area (Å²) in [5.41, 5.74) is 0.948. The Morgan fingerprint density at radius 1 is 1.35 bits per heavy atom. The van der Waals surface area contributed by atoms with Crippen molar-refractivity contribution in [2.45, 2.75) is 46.1 Å². The fourth-order valence-electron chi connectivity index (χ4n) is 2.29. The molecule has 0 saturated carbocycles. The molecule has 2 rings (SSSR count). The van der Waals surface area contributed by atoms with E-state index in [1.54, 1.807) is 0 Å². The molecule has 0 bridgehead atoms. The summed E-state index contributed by atoms with van der Waals surface area (Å²) in [5.74, 6) is 2.44. The van der Waals surface area contributed by atoms with Gasteiger partial charge in [-0.05, 0) is 19.4 Å². The molecule has 9 heteroatoms. The first-order chi connectivity index (χ1) is 12.4. The zero-order chi connectivity index (χ0) is 19.1. The monoisotopic (exact) mass is 400 g/mol. The number of hydrogen-bond donors (Lipinski definition) is 2.